The van der Waals surface area contributed by atoms with Gasteiger partial charge in [0.15, 0.2) is 0 Å². The Bertz CT molecular complexity index is 431. The molecule has 0 saturated carbocycles. The van der Waals surface area contributed by atoms with Gasteiger partial charge in [0.1, 0.15) is 6.04 Å². The lowest BCUT2D eigenvalue weighted by atomic mass is 10.1. The van der Waals surface area contributed by atoms with Gasteiger partial charge in [-0.3, -0.25) is 0 Å². The number of nitrogens with one attached hydrogen (secondary N) is 3. The quantitative estimate of drug-likeness (QED) is 0.601. The molecule has 0 bridgehead atoms. The Morgan fingerprint density at radius 1 is 1.35 bits per heavy atom. The Morgan fingerprint density at radius 3 is 2.55 bits per heavy atom. The van der Waals surface area contributed by atoms with E-state index >= 15 is 0 Å². The first-order valence-corrected chi connectivity index (χ1v) is 6.65. The Morgan fingerprint density at radius 2 is 2.05 bits per heavy atom. The van der Waals surface area contributed by atoms with E-state index in [4.69, 9.17) is 5.11 Å². The van der Waals surface area contributed by atoms with Gasteiger partial charge in [-0.2, -0.15) is 0 Å². The van der Waals surface area contributed by atoms with Crippen molar-refractivity contribution >= 4 is 12.0 Å². The van der Waals surface area contributed by atoms with Gasteiger partial charge in [-0.05, 0) is 19.3 Å². The van der Waals surface area contributed by atoms with Crippen LogP contribution in [0.25, 0.3) is 0 Å². The van der Waals surface area contributed by atoms with Gasteiger partial charge in [-0.15, -0.1) is 0 Å². The minimum absolute atomic E-state index is 0.00315. The first-order valence-electron chi connectivity index (χ1n) is 6.65. The maximum absolute atomic E-state index is 11.8. The molecule has 7 heteroatoms. The summed E-state index contributed by atoms with van der Waals surface area (Å²) in [6.07, 6.45) is 4.02. The van der Waals surface area contributed by atoms with E-state index in [0.29, 0.717) is 11.6 Å². The molecule has 1 aromatic heterocycles. The molecular weight excluding hydrogens is 260 g/mol. The van der Waals surface area contributed by atoms with E-state index in [1.807, 2.05) is 6.92 Å². The molecule has 0 saturated heterocycles. The summed E-state index contributed by atoms with van der Waals surface area (Å²) in [6.45, 7) is 6.02. The molecule has 0 fully saturated rings. The van der Waals surface area contributed by atoms with Crippen LogP contribution >= 0.6 is 0 Å². The zero-order chi connectivity index (χ0) is 15.1. The fourth-order valence-corrected chi connectivity index (χ4v) is 2.01. The number of urea groups is 1. The number of hydrogen-bond donors (Lipinski definition) is 4. The van der Waals surface area contributed by atoms with Crippen molar-refractivity contribution in [1.82, 2.24) is 20.6 Å². The van der Waals surface area contributed by atoms with Gasteiger partial charge < -0.3 is 20.7 Å². The van der Waals surface area contributed by atoms with Gasteiger partial charge >= 0.3 is 12.0 Å². The Hall–Kier alpha value is -2.05. The molecule has 112 valence electrons. The number of carbonyl (C=O) groups is 2. The second-order valence-corrected chi connectivity index (χ2v) is 5.32. The molecule has 20 heavy (non-hydrogen) atoms. The van der Waals surface area contributed by atoms with E-state index < -0.39 is 18.0 Å². The van der Waals surface area contributed by atoms with Crippen LogP contribution in [0.3, 0.4) is 0 Å². The summed E-state index contributed by atoms with van der Waals surface area (Å²) in [5.74, 6) is -0.614. The molecule has 1 aromatic rings. The molecule has 1 heterocycles. The number of amides is 2. The van der Waals surface area contributed by atoms with E-state index in [0.717, 1.165) is 6.42 Å². The summed E-state index contributed by atoms with van der Waals surface area (Å²) in [5.41, 5.74) is 0.660. The zero-order valence-electron chi connectivity index (χ0n) is 12.0. The Kier molecular flexibility index (Phi) is 6.02. The second kappa shape index (κ2) is 7.52. The predicted octanol–water partition coefficient (Wildman–Crippen LogP) is 1.14. The van der Waals surface area contributed by atoms with Crippen LogP contribution in [0.4, 0.5) is 4.79 Å². The van der Waals surface area contributed by atoms with E-state index in [9.17, 15) is 9.59 Å². The van der Waals surface area contributed by atoms with Crippen LogP contribution in [-0.4, -0.2) is 39.2 Å². The number of aromatic amines is 1. The maximum Gasteiger partial charge on any atom is 0.326 e. The number of carbonyl (C=O) groups excluding carboxylic acids is 1. The number of carboxylic acid groups (broad SMARTS) is 1. The van der Waals surface area contributed by atoms with Gasteiger partial charge in [0.25, 0.3) is 0 Å². The lowest BCUT2D eigenvalue weighted by Gasteiger charge is -2.19. The topological polar surface area (TPSA) is 107 Å². The van der Waals surface area contributed by atoms with Gasteiger partial charge in [-0.1, -0.05) is 13.8 Å². The molecule has 0 radical (unpaired) electrons. The SMILES string of the molecule is CC(C)CC(C)NC(=O)N[C@H](Cc1cnc[nH]1)C(=O)O. The van der Waals surface area contributed by atoms with Gasteiger partial charge in [0.2, 0.25) is 0 Å². The van der Waals surface area contributed by atoms with Crippen molar-refractivity contribution in [3.8, 4) is 0 Å². The number of aliphatic carboxylic acids is 1. The highest BCUT2D eigenvalue weighted by Gasteiger charge is 2.21. The zero-order valence-corrected chi connectivity index (χ0v) is 12.0. The van der Waals surface area contributed by atoms with Crippen LogP contribution in [-0.2, 0) is 11.2 Å². The van der Waals surface area contributed by atoms with Gasteiger partial charge in [-0.25, -0.2) is 14.6 Å². The lowest BCUT2D eigenvalue weighted by Crippen LogP contribution is -2.49. The molecule has 1 unspecified atom stereocenters. The molecule has 0 aliphatic rings. The van der Waals surface area contributed by atoms with Crippen LogP contribution in [0.2, 0.25) is 0 Å². The predicted molar refractivity (Wildman–Crippen MR) is 74.3 cm³/mol. The minimum Gasteiger partial charge on any atom is -0.480 e. The lowest BCUT2D eigenvalue weighted by molar-refractivity contribution is -0.139. The average Bonchev–Trinajstić information content (AvgIpc) is 2.79. The molecule has 4 N–H and O–H groups in total. The van der Waals surface area contributed by atoms with Crippen LogP contribution in [0.5, 0.6) is 0 Å². The fraction of sp³-hybridized carbons (Fsp3) is 0.615. The van der Waals surface area contributed by atoms with Gasteiger partial charge in [0, 0.05) is 24.4 Å². The Balaban J connectivity index is 2.49. The smallest absolute Gasteiger partial charge is 0.326 e. The van der Waals surface area contributed by atoms with Crippen molar-refractivity contribution in [2.75, 3.05) is 0 Å². The number of hydrogen-bond acceptors (Lipinski definition) is 3. The highest BCUT2D eigenvalue weighted by atomic mass is 16.4. The van der Waals surface area contributed by atoms with Gasteiger partial charge in [0.05, 0.1) is 6.33 Å². The summed E-state index contributed by atoms with van der Waals surface area (Å²) < 4.78 is 0. The van der Waals surface area contributed by atoms with E-state index in [-0.39, 0.29) is 12.5 Å². The number of imidazole rings is 1. The molecule has 0 spiro atoms. The fourth-order valence-electron chi connectivity index (χ4n) is 2.01. The number of nitrogens with zero attached hydrogens (tertiary/aromatic N) is 1. The second-order valence-electron chi connectivity index (χ2n) is 5.32. The van der Waals surface area contributed by atoms with Crippen LogP contribution in [0, 0.1) is 5.92 Å². The standard InChI is InChI=1S/C13H22N4O3/c1-8(2)4-9(3)16-13(20)17-11(12(18)19)5-10-6-14-7-15-10/h6-9,11H,4-5H2,1-3H3,(H,14,15)(H,18,19)(H2,16,17,20)/t9?,11-/m1/s1. The highest BCUT2D eigenvalue weighted by Crippen LogP contribution is 2.04. The van der Waals surface area contributed by atoms with E-state index in [2.05, 4.69) is 34.4 Å². The minimum atomic E-state index is -1.08. The van der Waals surface area contributed by atoms with Crippen molar-refractivity contribution in [2.24, 2.45) is 5.92 Å². The number of H-pyrrole nitrogens is 1. The molecule has 7 nitrogen and oxygen atoms in total. The van der Waals surface area contributed by atoms with Crippen molar-refractivity contribution in [3.63, 3.8) is 0 Å². The number of rotatable bonds is 7. The molecule has 2 amide bonds. The molecule has 0 aliphatic carbocycles. The molecule has 2 atom stereocenters. The third-order valence-electron chi connectivity index (χ3n) is 2.78. The van der Waals surface area contributed by atoms with Crippen LogP contribution in [0.1, 0.15) is 32.9 Å². The van der Waals surface area contributed by atoms with Crippen molar-refractivity contribution in [2.45, 2.75) is 45.7 Å². The van der Waals surface area contributed by atoms with Crippen molar-refractivity contribution < 1.29 is 14.7 Å². The highest BCUT2D eigenvalue weighted by molar-refractivity contribution is 5.82. The first-order chi connectivity index (χ1) is 9.38. The van der Waals surface area contributed by atoms with E-state index in [1.54, 1.807) is 0 Å². The van der Waals surface area contributed by atoms with Crippen LogP contribution in [0.15, 0.2) is 12.5 Å². The van der Waals surface area contributed by atoms with Crippen molar-refractivity contribution in [3.05, 3.63) is 18.2 Å². The summed E-state index contributed by atoms with van der Waals surface area (Å²) in [4.78, 5) is 29.5. The molecular formula is C13H22N4O3. The summed E-state index contributed by atoms with van der Waals surface area (Å²) in [5, 5.41) is 14.3. The largest absolute Gasteiger partial charge is 0.480 e. The third-order valence-corrected chi connectivity index (χ3v) is 2.78. The number of carboxylic acids is 1. The Labute approximate surface area is 118 Å². The van der Waals surface area contributed by atoms with E-state index in [1.165, 1.54) is 12.5 Å². The summed E-state index contributed by atoms with van der Waals surface area (Å²) in [7, 11) is 0. The first kappa shape index (κ1) is 16.0. The molecule has 0 aromatic carbocycles. The normalized spacial score (nSPS) is 13.8. The summed E-state index contributed by atoms with van der Waals surface area (Å²) >= 11 is 0. The molecule has 0 aliphatic heterocycles. The number of aromatic nitrogens is 2. The van der Waals surface area contributed by atoms with Crippen LogP contribution < -0.4 is 10.6 Å². The maximum atomic E-state index is 11.8. The third kappa shape index (κ3) is 5.73. The monoisotopic (exact) mass is 282 g/mol. The average molecular weight is 282 g/mol. The summed E-state index contributed by atoms with van der Waals surface area (Å²) in [6, 6.07) is -1.46. The molecule has 1 rings (SSSR count). The van der Waals surface area contributed by atoms with Crippen molar-refractivity contribution in [1.29, 1.82) is 0 Å².